The molecule has 1 saturated heterocycles. The van der Waals surface area contributed by atoms with Crippen LogP contribution in [0.4, 0.5) is 5.69 Å². The Kier molecular flexibility index (Phi) is 2.62. The van der Waals surface area contributed by atoms with Gasteiger partial charge in [-0.05, 0) is 26.0 Å². The lowest BCUT2D eigenvalue weighted by Crippen LogP contribution is -2.46. The zero-order valence-corrected chi connectivity index (χ0v) is 10.9. The van der Waals surface area contributed by atoms with Crippen LogP contribution in [-0.4, -0.2) is 15.4 Å². The van der Waals surface area contributed by atoms with Crippen molar-refractivity contribution in [3.05, 3.63) is 30.3 Å². The highest BCUT2D eigenvalue weighted by Crippen LogP contribution is 2.33. The molecule has 0 saturated carbocycles. The van der Waals surface area contributed by atoms with Gasteiger partial charge < -0.3 is 0 Å². The maximum atomic E-state index is 11.6. The Balaban J connectivity index is 2.36. The number of hydrogen-bond acceptors (Lipinski definition) is 2. The van der Waals surface area contributed by atoms with Crippen molar-refractivity contribution in [3.63, 3.8) is 0 Å². The summed E-state index contributed by atoms with van der Waals surface area (Å²) in [6.45, 7) is 4.13. The van der Waals surface area contributed by atoms with Gasteiger partial charge in [-0.1, -0.05) is 40.8 Å². The van der Waals surface area contributed by atoms with Crippen molar-refractivity contribution in [1.29, 1.82) is 0 Å². The number of nitrogens with one attached hydrogen (secondary N) is 1. The first kappa shape index (κ1) is 10.7. The van der Waals surface area contributed by atoms with Gasteiger partial charge >= 0.3 is 0 Å². The number of amides is 1. The van der Waals surface area contributed by atoms with E-state index in [9.17, 15) is 4.79 Å². The van der Waals surface area contributed by atoms with Crippen LogP contribution in [0.3, 0.4) is 0 Å². The van der Waals surface area contributed by atoms with Crippen molar-refractivity contribution >= 4 is 34.2 Å². The van der Waals surface area contributed by atoms with Gasteiger partial charge in [0.2, 0.25) is 0 Å². The van der Waals surface area contributed by atoms with E-state index in [2.05, 4.69) is 41.9 Å². The molecule has 1 aromatic rings. The van der Waals surface area contributed by atoms with E-state index in [4.69, 9.17) is 0 Å². The summed E-state index contributed by atoms with van der Waals surface area (Å²) >= 11 is 2.19. The van der Waals surface area contributed by atoms with E-state index in [1.807, 2.05) is 35.3 Å². The summed E-state index contributed by atoms with van der Waals surface area (Å²) in [6, 6.07) is 9.90. The minimum Gasteiger partial charge on any atom is -0.278 e. The van der Waals surface area contributed by atoms with Crippen LogP contribution in [0.25, 0.3) is 0 Å². The van der Waals surface area contributed by atoms with Gasteiger partial charge in [0, 0.05) is 0 Å². The highest BCUT2D eigenvalue weighted by atomic mass is 127. The maximum absolute atomic E-state index is 11.6. The number of carbonyl (C=O) groups excluding carboxylic acids is 1. The third-order valence-electron chi connectivity index (χ3n) is 2.66. The van der Waals surface area contributed by atoms with Crippen LogP contribution in [0.5, 0.6) is 0 Å². The molecule has 0 radical (unpaired) electrons. The first-order chi connectivity index (χ1) is 7.03. The Hall–Kier alpha value is -0.780. The van der Waals surface area contributed by atoms with Crippen molar-refractivity contribution in [1.82, 2.24) is 5.43 Å². The van der Waals surface area contributed by atoms with Crippen LogP contribution in [0.2, 0.25) is 0 Å². The first-order valence-corrected chi connectivity index (χ1v) is 6.08. The van der Waals surface area contributed by atoms with E-state index in [1.165, 1.54) is 0 Å². The Labute approximate surface area is 103 Å². The van der Waals surface area contributed by atoms with E-state index in [0.717, 1.165) is 5.69 Å². The molecule has 1 atom stereocenters. The fraction of sp³-hybridized carbons (Fsp3) is 0.364. The quantitative estimate of drug-likeness (QED) is 0.636. The molecule has 1 aliphatic heterocycles. The molecule has 0 spiro atoms. The molecule has 0 aromatic heterocycles. The molecule has 0 aliphatic carbocycles. The van der Waals surface area contributed by atoms with Gasteiger partial charge in [-0.25, -0.2) is 0 Å². The normalized spacial score (nSPS) is 24.1. The molecule has 0 bridgehead atoms. The highest BCUT2D eigenvalue weighted by Gasteiger charge is 2.46. The van der Waals surface area contributed by atoms with E-state index in [1.54, 1.807) is 0 Å². The van der Waals surface area contributed by atoms with Gasteiger partial charge in [-0.15, -0.1) is 0 Å². The zero-order chi connectivity index (χ0) is 11.1. The van der Waals surface area contributed by atoms with Crippen LogP contribution >= 0.6 is 22.6 Å². The van der Waals surface area contributed by atoms with E-state index >= 15 is 0 Å². The summed E-state index contributed by atoms with van der Waals surface area (Å²) in [6.07, 6.45) is 0. The SMILES string of the molecule is CC1(C)C(I)C(=O)NN1c1ccccc1. The number of alkyl halides is 1. The van der Waals surface area contributed by atoms with E-state index in [0.29, 0.717) is 0 Å². The number of hydrazine groups is 1. The lowest BCUT2D eigenvalue weighted by Gasteiger charge is -2.33. The molecule has 3 nitrogen and oxygen atoms in total. The van der Waals surface area contributed by atoms with Crippen LogP contribution < -0.4 is 10.4 Å². The molecule has 1 aliphatic rings. The number of nitrogens with zero attached hydrogens (tertiary/aromatic N) is 1. The number of carbonyl (C=O) groups is 1. The largest absolute Gasteiger partial charge is 0.278 e. The second-order valence-electron chi connectivity index (χ2n) is 4.16. The Morgan fingerprint density at radius 1 is 1.33 bits per heavy atom. The molecule has 4 heteroatoms. The molecule has 1 heterocycles. The Morgan fingerprint density at radius 2 is 1.93 bits per heavy atom. The summed E-state index contributed by atoms with van der Waals surface area (Å²) in [5.74, 6) is 0.0736. The van der Waals surface area contributed by atoms with Crippen molar-refractivity contribution in [2.75, 3.05) is 5.01 Å². The fourth-order valence-electron chi connectivity index (χ4n) is 1.72. The van der Waals surface area contributed by atoms with Gasteiger partial charge in [0.05, 0.1) is 11.2 Å². The summed E-state index contributed by atoms with van der Waals surface area (Å²) in [7, 11) is 0. The number of anilines is 1. The second kappa shape index (κ2) is 3.66. The van der Waals surface area contributed by atoms with Crippen molar-refractivity contribution in [3.8, 4) is 0 Å². The van der Waals surface area contributed by atoms with Gasteiger partial charge in [0.15, 0.2) is 0 Å². The number of rotatable bonds is 1. The summed E-state index contributed by atoms with van der Waals surface area (Å²) in [5, 5.41) is 1.94. The third-order valence-corrected chi connectivity index (χ3v) is 4.75. The molecular weight excluding hydrogens is 303 g/mol. The van der Waals surface area contributed by atoms with E-state index in [-0.39, 0.29) is 15.4 Å². The second-order valence-corrected chi connectivity index (χ2v) is 5.41. The van der Waals surface area contributed by atoms with Crippen LogP contribution in [0.1, 0.15) is 13.8 Å². The number of benzene rings is 1. The fourth-order valence-corrected chi connectivity index (χ4v) is 2.14. The molecule has 1 aromatic carbocycles. The van der Waals surface area contributed by atoms with Crippen LogP contribution in [0, 0.1) is 0 Å². The first-order valence-electron chi connectivity index (χ1n) is 4.83. The average Bonchev–Trinajstić information content (AvgIpc) is 2.43. The number of hydrogen-bond donors (Lipinski definition) is 1. The lowest BCUT2D eigenvalue weighted by atomic mass is 10.0. The highest BCUT2D eigenvalue weighted by molar-refractivity contribution is 14.1. The van der Waals surface area contributed by atoms with Gasteiger partial charge in [0.1, 0.15) is 3.92 Å². The molecule has 15 heavy (non-hydrogen) atoms. The van der Waals surface area contributed by atoms with Gasteiger partial charge in [-0.3, -0.25) is 15.2 Å². The minimum atomic E-state index is -0.195. The monoisotopic (exact) mass is 316 g/mol. The predicted molar refractivity (Wildman–Crippen MR) is 69.0 cm³/mol. The summed E-state index contributed by atoms with van der Waals surface area (Å²) in [4.78, 5) is 11.6. The summed E-state index contributed by atoms with van der Waals surface area (Å²) < 4.78 is -0.0321. The van der Waals surface area contributed by atoms with Crippen LogP contribution in [0.15, 0.2) is 30.3 Å². The minimum absolute atomic E-state index is 0.0321. The number of halogens is 1. The third kappa shape index (κ3) is 1.71. The van der Waals surface area contributed by atoms with Gasteiger partial charge in [-0.2, -0.15) is 0 Å². The smallest absolute Gasteiger partial charge is 0.253 e. The van der Waals surface area contributed by atoms with Crippen molar-refractivity contribution in [2.24, 2.45) is 0 Å². The molecule has 2 rings (SSSR count). The maximum Gasteiger partial charge on any atom is 0.253 e. The molecule has 1 unspecified atom stereocenters. The summed E-state index contributed by atoms with van der Waals surface area (Å²) in [5.41, 5.74) is 3.72. The van der Waals surface area contributed by atoms with Crippen molar-refractivity contribution in [2.45, 2.75) is 23.3 Å². The zero-order valence-electron chi connectivity index (χ0n) is 8.70. The Morgan fingerprint density at radius 3 is 2.40 bits per heavy atom. The number of para-hydroxylation sites is 1. The van der Waals surface area contributed by atoms with Crippen LogP contribution in [-0.2, 0) is 4.79 Å². The lowest BCUT2D eigenvalue weighted by molar-refractivity contribution is -0.118. The topological polar surface area (TPSA) is 32.3 Å². The molecule has 1 amide bonds. The molecular formula is C11H13IN2O. The average molecular weight is 316 g/mol. The van der Waals surface area contributed by atoms with Gasteiger partial charge in [0.25, 0.3) is 5.91 Å². The molecule has 1 N–H and O–H groups in total. The standard InChI is InChI=1S/C11H13IN2O/c1-11(2)9(12)10(15)13-14(11)8-6-4-3-5-7-8/h3-7,9H,1-2H3,(H,13,15). The predicted octanol–water partition coefficient (Wildman–Crippen LogP) is 2.12. The molecule has 1 fully saturated rings. The van der Waals surface area contributed by atoms with E-state index < -0.39 is 0 Å². The van der Waals surface area contributed by atoms with Crippen molar-refractivity contribution < 1.29 is 4.79 Å². The molecule has 80 valence electrons. The Bertz CT molecular complexity index is 377.